The smallest absolute Gasteiger partial charge is 0.186 e. The second-order valence-corrected chi connectivity index (χ2v) is 3.63. The standard InChI is InChI=1S/C10H20O6/c1-12-5-6-7(11)8(13-2)9(14-3)10(15-4)16-6/h6-11H,5H2,1-4H3/t6-,7+,8+,9-,10+/m1/s1. The monoisotopic (exact) mass is 236 g/mol. The third kappa shape index (κ3) is 2.71. The van der Waals surface area contributed by atoms with E-state index in [9.17, 15) is 5.11 Å². The molecule has 1 heterocycles. The fourth-order valence-electron chi connectivity index (χ4n) is 1.90. The summed E-state index contributed by atoms with van der Waals surface area (Å²) in [5, 5.41) is 10.0. The Kier molecular flexibility index (Phi) is 5.60. The van der Waals surface area contributed by atoms with Crippen molar-refractivity contribution in [2.45, 2.75) is 30.7 Å². The summed E-state index contributed by atoms with van der Waals surface area (Å²) in [5.41, 5.74) is 0. The van der Waals surface area contributed by atoms with Crippen molar-refractivity contribution in [3.8, 4) is 0 Å². The summed E-state index contributed by atoms with van der Waals surface area (Å²) in [6.07, 6.45) is -2.81. The van der Waals surface area contributed by atoms with Gasteiger partial charge in [-0.25, -0.2) is 0 Å². The summed E-state index contributed by atoms with van der Waals surface area (Å²) in [5.74, 6) is 0. The minimum atomic E-state index is -0.804. The van der Waals surface area contributed by atoms with Crippen LogP contribution in [0, 0.1) is 0 Å². The van der Waals surface area contributed by atoms with Crippen molar-refractivity contribution in [2.75, 3.05) is 35.0 Å². The molecule has 1 N–H and O–H groups in total. The molecule has 6 nitrogen and oxygen atoms in total. The van der Waals surface area contributed by atoms with Crippen LogP contribution in [0.5, 0.6) is 0 Å². The lowest BCUT2D eigenvalue weighted by atomic mass is 9.99. The van der Waals surface area contributed by atoms with Crippen molar-refractivity contribution in [1.29, 1.82) is 0 Å². The van der Waals surface area contributed by atoms with Crippen molar-refractivity contribution in [3.05, 3.63) is 0 Å². The lowest BCUT2D eigenvalue weighted by Crippen LogP contribution is -2.60. The zero-order valence-corrected chi connectivity index (χ0v) is 10.1. The van der Waals surface area contributed by atoms with Gasteiger partial charge in [-0.2, -0.15) is 0 Å². The summed E-state index contributed by atoms with van der Waals surface area (Å²) >= 11 is 0. The first-order valence-corrected chi connectivity index (χ1v) is 5.10. The van der Waals surface area contributed by atoms with Crippen LogP contribution in [0.25, 0.3) is 0 Å². The van der Waals surface area contributed by atoms with E-state index in [4.69, 9.17) is 23.7 Å². The third-order valence-corrected chi connectivity index (χ3v) is 2.73. The quantitative estimate of drug-likeness (QED) is 0.687. The van der Waals surface area contributed by atoms with Crippen LogP contribution in [-0.2, 0) is 23.7 Å². The predicted molar refractivity (Wildman–Crippen MR) is 55.1 cm³/mol. The highest BCUT2D eigenvalue weighted by atomic mass is 16.7. The Hall–Kier alpha value is -0.240. The summed E-state index contributed by atoms with van der Waals surface area (Å²) < 4.78 is 26.1. The maximum absolute atomic E-state index is 10.0. The van der Waals surface area contributed by atoms with Crippen LogP contribution in [-0.4, -0.2) is 70.9 Å². The van der Waals surface area contributed by atoms with Crippen LogP contribution in [0.2, 0.25) is 0 Å². The van der Waals surface area contributed by atoms with Gasteiger partial charge in [0.05, 0.1) is 6.61 Å². The molecule has 0 radical (unpaired) electrons. The van der Waals surface area contributed by atoms with Gasteiger partial charge in [-0.1, -0.05) is 0 Å². The van der Waals surface area contributed by atoms with Crippen molar-refractivity contribution in [1.82, 2.24) is 0 Å². The molecule has 0 spiro atoms. The SMILES string of the molecule is COC[C@H]1O[C@H](OC)[C@H](OC)[C@@H](OC)[C@H]1O. The Morgan fingerprint density at radius 3 is 2.06 bits per heavy atom. The molecule has 1 fully saturated rings. The lowest BCUT2D eigenvalue weighted by Gasteiger charge is -2.42. The van der Waals surface area contributed by atoms with E-state index in [1.54, 1.807) is 7.11 Å². The van der Waals surface area contributed by atoms with Crippen molar-refractivity contribution >= 4 is 0 Å². The Morgan fingerprint density at radius 2 is 1.62 bits per heavy atom. The first-order chi connectivity index (χ1) is 7.69. The summed E-state index contributed by atoms with van der Waals surface area (Å²) in [7, 11) is 6.10. The Labute approximate surface area is 95.4 Å². The molecular formula is C10H20O6. The normalized spacial score (nSPS) is 39.9. The maximum Gasteiger partial charge on any atom is 0.186 e. The van der Waals surface area contributed by atoms with Crippen molar-refractivity contribution in [2.24, 2.45) is 0 Å². The van der Waals surface area contributed by atoms with Gasteiger partial charge in [0.15, 0.2) is 6.29 Å². The number of aliphatic hydroxyl groups excluding tert-OH is 1. The molecule has 0 saturated carbocycles. The highest BCUT2D eigenvalue weighted by Crippen LogP contribution is 2.25. The van der Waals surface area contributed by atoms with Gasteiger partial charge in [-0.3, -0.25) is 0 Å². The van der Waals surface area contributed by atoms with E-state index in [0.717, 1.165) is 0 Å². The van der Waals surface area contributed by atoms with Gasteiger partial charge in [-0.15, -0.1) is 0 Å². The highest BCUT2D eigenvalue weighted by Gasteiger charge is 2.46. The van der Waals surface area contributed by atoms with Crippen LogP contribution < -0.4 is 0 Å². The largest absolute Gasteiger partial charge is 0.387 e. The molecular weight excluding hydrogens is 216 g/mol. The fourth-order valence-corrected chi connectivity index (χ4v) is 1.90. The topological polar surface area (TPSA) is 66.4 Å². The van der Waals surface area contributed by atoms with Gasteiger partial charge in [0.2, 0.25) is 0 Å². The van der Waals surface area contributed by atoms with Gasteiger partial charge < -0.3 is 28.8 Å². The average Bonchev–Trinajstić information content (AvgIpc) is 2.31. The van der Waals surface area contributed by atoms with Gasteiger partial charge in [-0.05, 0) is 0 Å². The number of methoxy groups -OCH3 is 4. The van der Waals surface area contributed by atoms with Crippen LogP contribution in [0.1, 0.15) is 0 Å². The maximum atomic E-state index is 10.0. The van der Waals surface area contributed by atoms with Crippen molar-refractivity contribution < 1.29 is 28.8 Å². The summed E-state index contributed by atoms with van der Waals surface area (Å²) in [6, 6.07) is 0. The first-order valence-electron chi connectivity index (χ1n) is 5.10. The van der Waals surface area contributed by atoms with Gasteiger partial charge in [0.1, 0.15) is 24.4 Å². The van der Waals surface area contributed by atoms with Crippen LogP contribution in [0.4, 0.5) is 0 Å². The second kappa shape index (κ2) is 6.48. The van der Waals surface area contributed by atoms with E-state index in [1.165, 1.54) is 21.3 Å². The van der Waals surface area contributed by atoms with Crippen molar-refractivity contribution in [3.63, 3.8) is 0 Å². The minimum Gasteiger partial charge on any atom is -0.387 e. The third-order valence-electron chi connectivity index (χ3n) is 2.73. The minimum absolute atomic E-state index is 0.275. The molecule has 5 atom stereocenters. The molecule has 0 unspecified atom stereocenters. The molecule has 0 aromatic heterocycles. The van der Waals surface area contributed by atoms with Crippen LogP contribution >= 0.6 is 0 Å². The molecule has 6 heteroatoms. The average molecular weight is 236 g/mol. The molecule has 0 aromatic rings. The van der Waals surface area contributed by atoms with Gasteiger partial charge in [0.25, 0.3) is 0 Å². The Morgan fingerprint density at radius 1 is 1.00 bits per heavy atom. The number of rotatable bonds is 5. The molecule has 0 amide bonds. The predicted octanol–water partition coefficient (Wildman–Crippen LogP) is -0.605. The van der Waals surface area contributed by atoms with E-state index in [-0.39, 0.29) is 6.61 Å². The second-order valence-electron chi connectivity index (χ2n) is 3.63. The first kappa shape index (κ1) is 13.8. The van der Waals surface area contributed by atoms with Gasteiger partial charge in [0, 0.05) is 28.4 Å². The molecule has 16 heavy (non-hydrogen) atoms. The Balaban J connectivity index is 2.76. The zero-order valence-electron chi connectivity index (χ0n) is 10.1. The van der Waals surface area contributed by atoms with Crippen LogP contribution in [0.15, 0.2) is 0 Å². The lowest BCUT2D eigenvalue weighted by molar-refractivity contribution is -0.303. The summed E-state index contributed by atoms with van der Waals surface area (Å²) in [4.78, 5) is 0. The number of ether oxygens (including phenoxy) is 5. The fraction of sp³-hybridized carbons (Fsp3) is 1.00. The Bertz CT molecular complexity index is 200. The molecule has 0 aliphatic carbocycles. The van der Waals surface area contributed by atoms with E-state index in [1.807, 2.05) is 0 Å². The zero-order chi connectivity index (χ0) is 12.1. The van der Waals surface area contributed by atoms with Crippen LogP contribution in [0.3, 0.4) is 0 Å². The molecule has 96 valence electrons. The number of aliphatic hydroxyl groups is 1. The molecule has 0 aromatic carbocycles. The van der Waals surface area contributed by atoms with E-state index < -0.39 is 30.7 Å². The molecule has 1 aliphatic heterocycles. The molecule has 1 rings (SSSR count). The van der Waals surface area contributed by atoms with E-state index in [2.05, 4.69) is 0 Å². The number of hydrogen-bond donors (Lipinski definition) is 1. The highest BCUT2D eigenvalue weighted by molar-refractivity contribution is 4.90. The molecule has 1 aliphatic rings. The summed E-state index contributed by atoms with van der Waals surface area (Å²) in [6.45, 7) is 0.275. The molecule has 0 bridgehead atoms. The number of hydrogen-bond acceptors (Lipinski definition) is 6. The van der Waals surface area contributed by atoms with E-state index in [0.29, 0.717) is 0 Å². The molecule has 1 saturated heterocycles. The van der Waals surface area contributed by atoms with E-state index >= 15 is 0 Å². The van der Waals surface area contributed by atoms with Gasteiger partial charge >= 0.3 is 0 Å².